The van der Waals surface area contributed by atoms with Crippen molar-refractivity contribution < 1.29 is 18.7 Å². The summed E-state index contributed by atoms with van der Waals surface area (Å²) >= 11 is 0.487. The minimum atomic E-state index is -2.45. The molecule has 1 N–H and O–H groups in total. The van der Waals surface area contributed by atoms with Crippen LogP contribution in [-0.2, 0) is 10.2 Å². The third-order valence-corrected chi connectivity index (χ3v) is 5.42. The molecule has 1 fully saturated rings. The van der Waals surface area contributed by atoms with E-state index in [1.165, 1.54) is 0 Å². The second-order valence-electron chi connectivity index (χ2n) is 6.02. The molecule has 2 nitrogen and oxygen atoms in total. The van der Waals surface area contributed by atoms with Crippen LogP contribution in [0.15, 0.2) is 29.2 Å². The van der Waals surface area contributed by atoms with Gasteiger partial charge in [-0.3, -0.25) is 4.79 Å². The van der Waals surface area contributed by atoms with Crippen LogP contribution < -0.4 is 0 Å². The lowest BCUT2D eigenvalue weighted by Crippen LogP contribution is -2.39. The number of carbonyl (C=O) groups is 1. The highest BCUT2D eigenvalue weighted by molar-refractivity contribution is 7.99. The topological polar surface area (TPSA) is 37.3 Å². The van der Waals surface area contributed by atoms with Crippen LogP contribution in [0.25, 0.3) is 0 Å². The molecule has 0 amide bonds. The third-order valence-electron chi connectivity index (χ3n) is 4.70. The average molecular weight is 328 g/mol. The fourth-order valence-electron chi connectivity index (χ4n) is 3.45. The molecule has 1 aromatic rings. The quantitative estimate of drug-likeness (QED) is 0.719. The standard InChI is InChI=1S/C17H22F2O2S/c1-2-3-12-8-10-17(11-9-12,15(20)21)13-4-6-14(7-5-13)22-16(18)19/h4-7,12,16H,2-3,8-11H2,1H3,(H,20,21). The fraction of sp³-hybridized carbons (Fsp3) is 0.588. The van der Waals surface area contributed by atoms with E-state index in [4.69, 9.17) is 0 Å². The van der Waals surface area contributed by atoms with Gasteiger partial charge in [0.05, 0.1) is 5.41 Å². The molecular weight excluding hydrogens is 306 g/mol. The Morgan fingerprint density at radius 3 is 2.36 bits per heavy atom. The number of hydrogen-bond donors (Lipinski definition) is 1. The number of carboxylic acid groups (broad SMARTS) is 1. The van der Waals surface area contributed by atoms with Gasteiger partial charge >= 0.3 is 5.97 Å². The van der Waals surface area contributed by atoms with E-state index < -0.39 is 17.1 Å². The van der Waals surface area contributed by atoms with Gasteiger partial charge in [0.15, 0.2) is 0 Å². The number of carboxylic acids is 1. The van der Waals surface area contributed by atoms with Gasteiger partial charge in [0.1, 0.15) is 0 Å². The SMILES string of the molecule is CCCC1CCC(C(=O)O)(c2ccc(SC(F)F)cc2)CC1. The highest BCUT2D eigenvalue weighted by Gasteiger charge is 2.43. The lowest BCUT2D eigenvalue weighted by molar-refractivity contribution is -0.145. The predicted molar refractivity (Wildman–Crippen MR) is 84.5 cm³/mol. The summed E-state index contributed by atoms with van der Waals surface area (Å²) in [5.74, 6) is -2.63. The van der Waals surface area contributed by atoms with Crippen LogP contribution in [0.1, 0.15) is 51.0 Å². The number of halogens is 2. The van der Waals surface area contributed by atoms with Crippen LogP contribution >= 0.6 is 11.8 Å². The Morgan fingerprint density at radius 2 is 1.91 bits per heavy atom. The normalized spacial score (nSPS) is 25.4. The monoisotopic (exact) mass is 328 g/mol. The van der Waals surface area contributed by atoms with Crippen molar-refractivity contribution in [3.63, 3.8) is 0 Å². The minimum absolute atomic E-state index is 0.471. The zero-order valence-electron chi connectivity index (χ0n) is 12.7. The lowest BCUT2D eigenvalue weighted by Gasteiger charge is -2.37. The second kappa shape index (κ2) is 7.44. The molecule has 0 radical (unpaired) electrons. The first-order chi connectivity index (χ1) is 10.5. The van der Waals surface area contributed by atoms with Crippen LogP contribution in [0, 0.1) is 5.92 Å². The maximum Gasteiger partial charge on any atom is 0.314 e. The van der Waals surface area contributed by atoms with Gasteiger partial charge in [-0.1, -0.05) is 43.7 Å². The zero-order valence-corrected chi connectivity index (χ0v) is 13.5. The third kappa shape index (κ3) is 3.80. The second-order valence-corrected chi connectivity index (χ2v) is 7.09. The van der Waals surface area contributed by atoms with Crippen molar-refractivity contribution >= 4 is 17.7 Å². The van der Waals surface area contributed by atoms with Gasteiger partial charge in [0.25, 0.3) is 5.76 Å². The molecule has 1 aliphatic carbocycles. The Hall–Kier alpha value is -1.10. The summed E-state index contributed by atoms with van der Waals surface area (Å²) in [5, 5.41) is 9.75. The van der Waals surface area contributed by atoms with Gasteiger partial charge in [0, 0.05) is 4.90 Å². The molecule has 1 saturated carbocycles. The van der Waals surface area contributed by atoms with Gasteiger partial charge in [0.2, 0.25) is 0 Å². The smallest absolute Gasteiger partial charge is 0.314 e. The van der Waals surface area contributed by atoms with Gasteiger partial charge in [-0.05, 0) is 49.3 Å². The largest absolute Gasteiger partial charge is 0.481 e. The molecule has 22 heavy (non-hydrogen) atoms. The van der Waals surface area contributed by atoms with Crippen LogP contribution in [0.4, 0.5) is 8.78 Å². The van der Waals surface area contributed by atoms with Crippen LogP contribution in [0.2, 0.25) is 0 Å². The first-order valence-corrected chi connectivity index (χ1v) is 8.64. The summed E-state index contributed by atoms with van der Waals surface area (Å²) in [6.45, 7) is 2.15. The molecule has 1 aromatic carbocycles. The van der Waals surface area contributed by atoms with E-state index in [1.54, 1.807) is 24.3 Å². The lowest BCUT2D eigenvalue weighted by atomic mass is 9.66. The highest BCUT2D eigenvalue weighted by atomic mass is 32.2. The fourth-order valence-corrected chi connectivity index (χ4v) is 3.95. The number of alkyl halides is 2. The molecule has 0 atom stereocenters. The van der Waals surface area contributed by atoms with E-state index in [1.807, 2.05) is 0 Å². The molecule has 2 rings (SSSR count). The van der Waals surface area contributed by atoms with E-state index in [9.17, 15) is 18.7 Å². The predicted octanol–water partition coefficient (Wildman–Crippen LogP) is 5.31. The van der Waals surface area contributed by atoms with E-state index in [0.29, 0.717) is 35.4 Å². The van der Waals surface area contributed by atoms with Crippen molar-refractivity contribution in [2.45, 2.75) is 61.5 Å². The van der Waals surface area contributed by atoms with Crippen molar-refractivity contribution in [3.8, 4) is 0 Å². The van der Waals surface area contributed by atoms with Crippen LogP contribution in [-0.4, -0.2) is 16.8 Å². The van der Waals surface area contributed by atoms with E-state index in [2.05, 4.69) is 6.92 Å². The summed E-state index contributed by atoms with van der Waals surface area (Å²) in [7, 11) is 0. The molecule has 0 spiro atoms. The maximum atomic E-state index is 12.4. The number of thioether (sulfide) groups is 1. The summed E-state index contributed by atoms with van der Waals surface area (Å²) in [5.41, 5.74) is -0.105. The van der Waals surface area contributed by atoms with Crippen molar-refractivity contribution in [1.29, 1.82) is 0 Å². The average Bonchev–Trinajstić information content (AvgIpc) is 2.48. The first kappa shape index (κ1) is 17.3. The molecule has 0 unspecified atom stereocenters. The Morgan fingerprint density at radius 1 is 1.32 bits per heavy atom. The van der Waals surface area contributed by atoms with Crippen molar-refractivity contribution in [2.24, 2.45) is 5.92 Å². The zero-order chi connectivity index (χ0) is 16.2. The van der Waals surface area contributed by atoms with Crippen molar-refractivity contribution in [2.75, 3.05) is 0 Å². The minimum Gasteiger partial charge on any atom is -0.481 e. The van der Waals surface area contributed by atoms with E-state index in [-0.39, 0.29) is 0 Å². The maximum absolute atomic E-state index is 12.4. The Labute approximate surface area is 134 Å². The molecular formula is C17H22F2O2S. The molecule has 0 bridgehead atoms. The first-order valence-electron chi connectivity index (χ1n) is 7.76. The molecule has 1 aliphatic rings. The molecule has 5 heteroatoms. The molecule has 0 aliphatic heterocycles. The molecule has 0 aromatic heterocycles. The number of benzene rings is 1. The molecule has 122 valence electrons. The molecule has 0 heterocycles. The summed E-state index contributed by atoms with van der Waals surface area (Å²) in [4.78, 5) is 12.4. The summed E-state index contributed by atoms with van der Waals surface area (Å²) < 4.78 is 24.7. The van der Waals surface area contributed by atoms with Crippen molar-refractivity contribution in [3.05, 3.63) is 29.8 Å². The van der Waals surface area contributed by atoms with Gasteiger partial charge in [-0.2, -0.15) is 8.78 Å². The number of rotatable bonds is 6. The van der Waals surface area contributed by atoms with Gasteiger partial charge in [-0.25, -0.2) is 0 Å². The highest BCUT2D eigenvalue weighted by Crippen LogP contribution is 2.43. The summed E-state index contributed by atoms with van der Waals surface area (Å²) in [6, 6.07) is 6.63. The Kier molecular flexibility index (Phi) is 5.84. The Bertz CT molecular complexity index is 494. The van der Waals surface area contributed by atoms with Gasteiger partial charge < -0.3 is 5.11 Å². The summed E-state index contributed by atoms with van der Waals surface area (Å²) in [6.07, 6.45) is 5.40. The Balaban J connectivity index is 2.16. The molecule has 0 saturated heterocycles. The van der Waals surface area contributed by atoms with E-state index in [0.717, 1.165) is 31.2 Å². The van der Waals surface area contributed by atoms with Crippen LogP contribution in [0.5, 0.6) is 0 Å². The van der Waals surface area contributed by atoms with E-state index >= 15 is 0 Å². The van der Waals surface area contributed by atoms with Crippen LogP contribution in [0.3, 0.4) is 0 Å². The number of hydrogen-bond acceptors (Lipinski definition) is 2. The number of aliphatic carboxylic acids is 1. The van der Waals surface area contributed by atoms with Crippen molar-refractivity contribution in [1.82, 2.24) is 0 Å². The van der Waals surface area contributed by atoms with Gasteiger partial charge in [-0.15, -0.1) is 0 Å².